The molecule has 0 spiro atoms. The SMILES string of the molecule is CC1(SC2CCCCC2)[C](CCBr)CC(Br)C1(Cl)Cl. The Morgan fingerprint density at radius 3 is 2.47 bits per heavy atom. The van der Waals surface area contributed by atoms with Gasteiger partial charge < -0.3 is 0 Å². The summed E-state index contributed by atoms with van der Waals surface area (Å²) in [5, 5.41) is 1.71. The number of hydrogen-bond donors (Lipinski definition) is 0. The van der Waals surface area contributed by atoms with Crippen molar-refractivity contribution >= 4 is 66.8 Å². The van der Waals surface area contributed by atoms with E-state index in [-0.39, 0.29) is 9.57 Å². The molecule has 111 valence electrons. The standard InChI is InChI=1S/C14H21Br2Cl2S/c1-13(19-11-5-3-2-4-6-11)10(7-8-15)9-12(16)14(13,17)18/h11-12H,2-9H2,1H3. The molecule has 1 radical (unpaired) electrons. The largest absolute Gasteiger partial charge is 0.148 e. The normalized spacial score (nSPS) is 36.8. The Bertz CT molecular complexity index is 308. The maximum atomic E-state index is 6.74. The molecule has 2 unspecified atom stereocenters. The number of thioether (sulfide) groups is 1. The van der Waals surface area contributed by atoms with Gasteiger partial charge in [-0.1, -0.05) is 74.3 Å². The number of hydrogen-bond acceptors (Lipinski definition) is 1. The predicted octanol–water partition coefficient (Wildman–Crippen LogP) is 6.51. The molecule has 0 aromatic carbocycles. The molecule has 0 nitrogen and oxygen atoms in total. The topological polar surface area (TPSA) is 0 Å². The fourth-order valence-corrected chi connectivity index (χ4v) is 7.26. The molecular formula is C14H21Br2Cl2S. The van der Waals surface area contributed by atoms with E-state index in [1.165, 1.54) is 38.0 Å². The summed E-state index contributed by atoms with van der Waals surface area (Å²) in [6, 6.07) is 0. The van der Waals surface area contributed by atoms with Crippen molar-refractivity contribution in [3.63, 3.8) is 0 Å². The number of rotatable bonds is 4. The molecule has 0 heterocycles. The van der Waals surface area contributed by atoms with Gasteiger partial charge in [0.2, 0.25) is 0 Å². The summed E-state index contributed by atoms with van der Waals surface area (Å²) in [6.45, 7) is 2.26. The smallest absolute Gasteiger partial charge is 0.145 e. The summed E-state index contributed by atoms with van der Waals surface area (Å²) in [7, 11) is 0. The monoisotopic (exact) mass is 449 g/mol. The third-order valence-electron chi connectivity index (χ3n) is 4.48. The maximum absolute atomic E-state index is 6.74. The molecule has 2 saturated carbocycles. The lowest BCUT2D eigenvalue weighted by atomic mass is 9.94. The van der Waals surface area contributed by atoms with Crippen LogP contribution in [-0.2, 0) is 0 Å². The number of alkyl halides is 4. The minimum Gasteiger partial charge on any atom is -0.148 e. The highest BCUT2D eigenvalue weighted by Crippen LogP contribution is 2.63. The zero-order chi connectivity index (χ0) is 14.1. The lowest BCUT2D eigenvalue weighted by Crippen LogP contribution is -2.44. The quantitative estimate of drug-likeness (QED) is 0.439. The molecule has 0 aromatic heterocycles. The molecule has 2 atom stereocenters. The predicted molar refractivity (Wildman–Crippen MR) is 96.3 cm³/mol. The Morgan fingerprint density at radius 2 is 1.89 bits per heavy atom. The molecule has 2 aliphatic carbocycles. The molecule has 19 heavy (non-hydrogen) atoms. The van der Waals surface area contributed by atoms with E-state index in [0.29, 0.717) is 0 Å². The van der Waals surface area contributed by atoms with Gasteiger partial charge in [0.1, 0.15) is 4.33 Å². The van der Waals surface area contributed by atoms with E-state index in [4.69, 9.17) is 23.2 Å². The van der Waals surface area contributed by atoms with Crippen LogP contribution in [-0.4, -0.2) is 24.5 Å². The average molecular weight is 452 g/mol. The van der Waals surface area contributed by atoms with Crippen LogP contribution in [0.4, 0.5) is 0 Å². The van der Waals surface area contributed by atoms with Gasteiger partial charge in [-0.2, -0.15) is 0 Å². The van der Waals surface area contributed by atoms with E-state index in [2.05, 4.69) is 38.8 Å². The summed E-state index contributed by atoms with van der Waals surface area (Å²) in [5.74, 6) is 1.51. The van der Waals surface area contributed by atoms with E-state index in [1.54, 1.807) is 0 Å². The third kappa shape index (κ3) is 3.46. The molecule has 2 rings (SSSR count). The van der Waals surface area contributed by atoms with Crippen LogP contribution in [0.1, 0.15) is 51.9 Å². The van der Waals surface area contributed by atoms with Crippen LogP contribution >= 0.6 is 66.8 Å². The van der Waals surface area contributed by atoms with E-state index in [0.717, 1.165) is 23.4 Å². The van der Waals surface area contributed by atoms with E-state index < -0.39 is 4.33 Å². The molecule has 2 fully saturated rings. The first kappa shape index (κ1) is 17.2. The zero-order valence-corrected chi connectivity index (χ0v) is 16.7. The Morgan fingerprint density at radius 1 is 1.26 bits per heavy atom. The molecular weight excluding hydrogens is 431 g/mol. The second-order valence-corrected chi connectivity index (χ2v) is 10.8. The van der Waals surface area contributed by atoms with E-state index in [1.807, 2.05) is 11.8 Å². The molecule has 2 aliphatic rings. The second kappa shape index (κ2) is 6.98. The Hall–Kier alpha value is 1.89. The number of halogens is 4. The summed E-state index contributed by atoms with van der Waals surface area (Å²) >= 11 is 22.8. The van der Waals surface area contributed by atoms with Gasteiger partial charge in [-0.3, -0.25) is 0 Å². The first-order valence-corrected chi connectivity index (χ1v) is 10.7. The first-order chi connectivity index (χ1) is 8.91. The third-order valence-corrected chi connectivity index (χ3v) is 9.81. The molecule has 0 amide bonds. The van der Waals surface area contributed by atoms with Crippen molar-refractivity contribution in [2.24, 2.45) is 0 Å². The van der Waals surface area contributed by atoms with Gasteiger partial charge in [0.15, 0.2) is 0 Å². The van der Waals surface area contributed by atoms with Gasteiger partial charge in [0, 0.05) is 15.4 Å². The van der Waals surface area contributed by atoms with Crippen LogP contribution in [0.3, 0.4) is 0 Å². The molecule has 0 saturated heterocycles. The molecule has 0 aliphatic heterocycles. The van der Waals surface area contributed by atoms with Gasteiger partial charge in [0.25, 0.3) is 0 Å². The first-order valence-electron chi connectivity index (χ1n) is 7.02. The Kier molecular flexibility index (Phi) is 6.34. The van der Waals surface area contributed by atoms with Crippen LogP contribution in [0.2, 0.25) is 0 Å². The van der Waals surface area contributed by atoms with Crippen molar-refractivity contribution in [3.8, 4) is 0 Å². The van der Waals surface area contributed by atoms with Crippen molar-refractivity contribution in [3.05, 3.63) is 5.92 Å². The van der Waals surface area contributed by atoms with Gasteiger partial charge in [-0.15, -0.1) is 11.8 Å². The van der Waals surface area contributed by atoms with Gasteiger partial charge >= 0.3 is 0 Å². The summed E-state index contributed by atoms with van der Waals surface area (Å²) in [6.07, 6.45) is 8.80. The summed E-state index contributed by atoms with van der Waals surface area (Å²) < 4.78 is -0.827. The fraction of sp³-hybridized carbons (Fsp3) is 0.929. The Balaban J connectivity index is 2.14. The van der Waals surface area contributed by atoms with Crippen molar-refractivity contribution in [1.82, 2.24) is 0 Å². The van der Waals surface area contributed by atoms with Crippen LogP contribution in [0.5, 0.6) is 0 Å². The van der Waals surface area contributed by atoms with Crippen LogP contribution < -0.4 is 0 Å². The van der Waals surface area contributed by atoms with Gasteiger partial charge in [-0.25, -0.2) is 0 Å². The lowest BCUT2D eigenvalue weighted by molar-refractivity contribution is 0.509. The minimum atomic E-state index is -0.702. The highest BCUT2D eigenvalue weighted by Gasteiger charge is 2.61. The van der Waals surface area contributed by atoms with Crippen LogP contribution in [0.25, 0.3) is 0 Å². The van der Waals surface area contributed by atoms with Gasteiger partial charge in [-0.05, 0) is 38.5 Å². The molecule has 0 N–H and O–H groups in total. The van der Waals surface area contributed by atoms with Crippen LogP contribution in [0, 0.1) is 5.92 Å². The van der Waals surface area contributed by atoms with Crippen molar-refractivity contribution in [2.75, 3.05) is 5.33 Å². The Labute approximate surface area is 148 Å². The van der Waals surface area contributed by atoms with E-state index in [9.17, 15) is 0 Å². The highest BCUT2D eigenvalue weighted by molar-refractivity contribution is 9.09. The second-order valence-electron chi connectivity index (χ2n) is 5.75. The van der Waals surface area contributed by atoms with Gasteiger partial charge in [0.05, 0.1) is 4.75 Å². The van der Waals surface area contributed by atoms with Crippen molar-refractivity contribution < 1.29 is 0 Å². The van der Waals surface area contributed by atoms with Crippen molar-refractivity contribution in [1.29, 1.82) is 0 Å². The molecule has 5 heteroatoms. The molecule has 0 bridgehead atoms. The highest BCUT2D eigenvalue weighted by atomic mass is 79.9. The maximum Gasteiger partial charge on any atom is 0.145 e. The fourth-order valence-electron chi connectivity index (χ4n) is 3.21. The zero-order valence-electron chi connectivity index (χ0n) is 11.2. The summed E-state index contributed by atoms with van der Waals surface area (Å²) in [4.78, 5) is 0.165. The van der Waals surface area contributed by atoms with Crippen molar-refractivity contribution in [2.45, 2.75) is 71.0 Å². The minimum absolute atomic E-state index is 0.125. The van der Waals surface area contributed by atoms with E-state index >= 15 is 0 Å². The van der Waals surface area contributed by atoms with Crippen LogP contribution in [0.15, 0.2) is 0 Å². The lowest BCUT2D eigenvalue weighted by Gasteiger charge is -2.42. The average Bonchev–Trinajstić information content (AvgIpc) is 2.53. The summed E-state index contributed by atoms with van der Waals surface area (Å²) in [5.41, 5.74) is 0. The molecule has 0 aromatic rings.